The summed E-state index contributed by atoms with van der Waals surface area (Å²) in [5.74, 6) is 0. The lowest BCUT2D eigenvalue weighted by atomic mass is 10.2. The molecule has 1 fully saturated rings. The Balaban J connectivity index is 1.96. The molecule has 0 aliphatic carbocycles. The smallest absolute Gasteiger partial charge is 0.410 e. The molecule has 6 heteroatoms. The Labute approximate surface area is 106 Å². The molecular formula is C12H19N3O3. The molecule has 0 radical (unpaired) electrons. The van der Waals surface area contributed by atoms with Crippen molar-refractivity contribution < 1.29 is 14.3 Å². The predicted octanol–water partition coefficient (Wildman–Crippen LogP) is 1.72. The van der Waals surface area contributed by atoms with E-state index in [1.54, 1.807) is 11.1 Å². The fraction of sp³-hybridized carbons (Fsp3) is 0.667. The first-order valence-electron chi connectivity index (χ1n) is 6.05. The molecule has 6 nitrogen and oxygen atoms in total. The van der Waals surface area contributed by atoms with Crippen molar-refractivity contribution >= 4 is 6.09 Å². The number of carbonyl (C=O) groups is 1. The monoisotopic (exact) mass is 253 g/mol. The van der Waals surface area contributed by atoms with Gasteiger partial charge in [0, 0.05) is 12.7 Å². The van der Waals surface area contributed by atoms with Crippen molar-refractivity contribution in [2.75, 3.05) is 19.7 Å². The van der Waals surface area contributed by atoms with Crippen LogP contribution in [0.5, 0.6) is 0 Å². The van der Waals surface area contributed by atoms with E-state index in [0.29, 0.717) is 19.7 Å². The molecule has 1 atom stereocenters. The van der Waals surface area contributed by atoms with Crippen LogP contribution in [0.3, 0.4) is 0 Å². The van der Waals surface area contributed by atoms with E-state index in [1.807, 2.05) is 26.8 Å². The molecule has 1 aromatic rings. The fourth-order valence-corrected chi connectivity index (χ4v) is 1.77. The van der Waals surface area contributed by atoms with Gasteiger partial charge in [0.2, 0.25) is 0 Å². The van der Waals surface area contributed by atoms with E-state index >= 15 is 0 Å². The molecule has 1 amide bonds. The molecule has 18 heavy (non-hydrogen) atoms. The summed E-state index contributed by atoms with van der Waals surface area (Å²) < 4.78 is 10.9. The fourth-order valence-electron chi connectivity index (χ4n) is 1.77. The van der Waals surface area contributed by atoms with Crippen LogP contribution >= 0.6 is 0 Å². The number of amides is 1. The maximum atomic E-state index is 11.9. The molecule has 1 aromatic heterocycles. The summed E-state index contributed by atoms with van der Waals surface area (Å²) in [7, 11) is 0. The third-order valence-electron chi connectivity index (χ3n) is 2.57. The number of H-pyrrole nitrogens is 1. The number of nitrogens with zero attached hydrogens (tertiary/aromatic N) is 2. The Bertz CT molecular complexity index is 397. The summed E-state index contributed by atoms with van der Waals surface area (Å²) in [6.07, 6.45) is 1.26. The summed E-state index contributed by atoms with van der Waals surface area (Å²) in [6, 6.07) is 1.85. The van der Waals surface area contributed by atoms with Gasteiger partial charge in [-0.05, 0) is 26.8 Å². The number of ether oxygens (including phenoxy) is 2. The average Bonchev–Trinajstić information content (AvgIpc) is 2.80. The van der Waals surface area contributed by atoms with Gasteiger partial charge in [-0.15, -0.1) is 0 Å². The van der Waals surface area contributed by atoms with Gasteiger partial charge in [-0.25, -0.2) is 4.79 Å². The SMILES string of the molecule is CC(C)(C)OC(=O)N1CCOC(c2cc[nH]n2)C1. The number of rotatable bonds is 1. The highest BCUT2D eigenvalue weighted by Gasteiger charge is 2.29. The first kappa shape index (κ1) is 12.9. The van der Waals surface area contributed by atoms with Gasteiger partial charge in [-0.1, -0.05) is 0 Å². The van der Waals surface area contributed by atoms with E-state index in [4.69, 9.17) is 9.47 Å². The minimum Gasteiger partial charge on any atom is -0.444 e. The van der Waals surface area contributed by atoms with E-state index in [9.17, 15) is 4.79 Å². The molecule has 1 unspecified atom stereocenters. The van der Waals surface area contributed by atoms with Crippen molar-refractivity contribution in [1.29, 1.82) is 0 Å². The molecule has 0 spiro atoms. The van der Waals surface area contributed by atoms with Crippen molar-refractivity contribution in [3.63, 3.8) is 0 Å². The third kappa shape index (κ3) is 3.22. The number of nitrogens with one attached hydrogen (secondary N) is 1. The molecule has 1 N–H and O–H groups in total. The normalized spacial score (nSPS) is 20.8. The Morgan fingerprint density at radius 2 is 2.39 bits per heavy atom. The van der Waals surface area contributed by atoms with Gasteiger partial charge < -0.3 is 14.4 Å². The second-order valence-electron chi connectivity index (χ2n) is 5.28. The third-order valence-corrected chi connectivity index (χ3v) is 2.57. The Hall–Kier alpha value is -1.56. The number of hydrogen-bond donors (Lipinski definition) is 1. The van der Waals surface area contributed by atoms with Crippen LogP contribution in [-0.4, -0.2) is 46.5 Å². The summed E-state index contributed by atoms with van der Waals surface area (Å²) in [5.41, 5.74) is 0.334. The zero-order chi connectivity index (χ0) is 13.2. The molecule has 1 saturated heterocycles. The molecule has 0 saturated carbocycles. The highest BCUT2D eigenvalue weighted by molar-refractivity contribution is 5.68. The second kappa shape index (κ2) is 4.97. The zero-order valence-corrected chi connectivity index (χ0v) is 11.0. The number of morpholine rings is 1. The van der Waals surface area contributed by atoms with Gasteiger partial charge in [-0.2, -0.15) is 5.10 Å². The largest absolute Gasteiger partial charge is 0.444 e. The molecule has 1 aliphatic heterocycles. The van der Waals surface area contributed by atoms with E-state index in [0.717, 1.165) is 5.69 Å². The zero-order valence-electron chi connectivity index (χ0n) is 11.0. The van der Waals surface area contributed by atoms with E-state index in [1.165, 1.54) is 0 Å². The average molecular weight is 253 g/mol. The van der Waals surface area contributed by atoms with Gasteiger partial charge in [0.1, 0.15) is 11.7 Å². The quantitative estimate of drug-likeness (QED) is 0.827. The lowest BCUT2D eigenvalue weighted by Gasteiger charge is -2.33. The van der Waals surface area contributed by atoms with E-state index in [2.05, 4.69) is 10.2 Å². The molecule has 2 heterocycles. The molecule has 0 bridgehead atoms. The van der Waals surface area contributed by atoms with E-state index < -0.39 is 5.60 Å². The number of aromatic amines is 1. The van der Waals surface area contributed by atoms with Crippen molar-refractivity contribution in [2.24, 2.45) is 0 Å². The van der Waals surface area contributed by atoms with Gasteiger partial charge in [0.25, 0.3) is 0 Å². The predicted molar refractivity (Wildman–Crippen MR) is 65.1 cm³/mol. The number of aromatic nitrogens is 2. The molecule has 1 aliphatic rings. The van der Waals surface area contributed by atoms with Gasteiger partial charge in [0.15, 0.2) is 0 Å². The molecular weight excluding hydrogens is 234 g/mol. The van der Waals surface area contributed by atoms with Gasteiger partial charge >= 0.3 is 6.09 Å². The highest BCUT2D eigenvalue weighted by atomic mass is 16.6. The first-order valence-corrected chi connectivity index (χ1v) is 6.05. The van der Waals surface area contributed by atoms with Crippen molar-refractivity contribution in [3.05, 3.63) is 18.0 Å². The van der Waals surface area contributed by atoms with Crippen LogP contribution < -0.4 is 0 Å². The Morgan fingerprint density at radius 1 is 1.61 bits per heavy atom. The second-order valence-corrected chi connectivity index (χ2v) is 5.28. The topological polar surface area (TPSA) is 67.4 Å². The molecule has 0 aromatic carbocycles. The maximum Gasteiger partial charge on any atom is 0.410 e. The lowest BCUT2D eigenvalue weighted by Crippen LogP contribution is -2.44. The van der Waals surface area contributed by atoms with Crippen molar-refractivity contribution in [2.45, 2.75) is 32.5 Å². The van der Waals surface area contributed by atoms with Crippen LogP contribution in [0.15, 0.2) is 12.3 Å². The number of hydrogen-bond acceptors (Lipinski definition) is 4. The summed E-state index contributed by atoms with van der Waals surface area (Å²) >= 11 is 0. The van der Waals surface area contributed by atoms with Crippen LogP contribution in [0.2, 0.25) is 0 Å². The summed E-state index contributed by atoms with van der Waals surface area (Å²) in [6.45, 7) is 7.09. The standard InChI is InChI=1S/C12H19N3O3/c1-12(2,3)18-11(16)15-6-7-17-10(8-15)9-4-5-13-14-9/h4-5,10H,6-8H2,1-3H3,(H,13,14). The first-order chi connectivity index (χ1) is 8.46. The van der Waals surface area contributed by atoms with Crippen LogP contribution in [0.1, 0.15) is 32.6 Å². The van der Waals surface area contributed by atoms with E-state index in [-0.39, 0.29) is 12.2 Å². The summed E-state index contributed by atoms with van der Waals surface area (Å²) in [5, 5.41) is 6.82. The van der Waals surface area contributed by atoms with Crippen LogP contribution in [0.25, 0.3) is 0 Å². The lowest BCUT2D eigenvalue weighted by molar-refractivity contribution is -0.0447. The van der Waals surface area contributed by atoms with Crippen molar-refractivity contribution in [3.8, 4) is 0 Å². The van der Waals surface area contributed by atoms with Crippen LogP contribution in [-0.2, 0) is 9.47 Å². The molecule has 2 rings (SSSR count). The summed E-state index contributed by atoms with van der Waals surface area (Å²) in [4.78, 5) is 13.6. The Morgan fingerprint density at radius 3 is 3.00 bits per heavy atom. The van der Waals surface area contributed by atoms with Crippen LogP contribution in [0, 0.1) is 0 Å². The van der Waals surface area contributed by atoms with Crippen LogP contribution in [0.4, 0.5) is 4.79 Å². The minimum atomic E-state index is -0.475. The maximum absolute atomic E-state index is 11.9. The minimum absolute atomic E-state index is 0.183. The number of carbonyl (C=O) groups excluding carboxylic acids is 1. The highest BCUT2D eigenvalue weighted by Crippen LogP contribution is 2.21. The Kier molecular flexibility index (Phi) is 3.56. The van der Waals surface area contributed by atoms with Gasteiger partial charge in [-0.3, -0.25) is 5.10 Å². The van der Waals surface area contributed by atoms with Crippen molar-refractivity contribution in [1.82, 2.24) is 15.1 Å². The van der Waals surface area contributed by atoms with Gasteiger partial charge in [0.05, 0.1) is 18.8 Å². The molecule has 100 valence electrons.